The topological polar surface area (TPSA) is 91.9 Å². The van der Waals surface area contributed by atoms with E-state index in [1.807, 2.05) is 0 Å². The Morgan fingerprint density at radius 2 is 2.06 bits per heavy atom. The van der Waals surface area contributed by atoms with Crippen molar-refractivity contribution in [1.82, 2.24) is 15.0 Å². The number of ether oxygens (including phenoxy) is 1. The Hall–Kier alpha value is -2.68. The molecule has 3 aliphatic rings. The molecule has 1 aromatic heterocycles. The molecule has 8 nitrogen and oxygen atoms in total. The summed E-state index contributed by atoms with van der Waals surface area (Å²) in [5.74, 6) is 3.74. The van der Waals surface area contributed by atoms with Gasteiger partial charge in [0, 0.05) is 38.2 Å². The Labute approximate surface area is 205 Å². The smallest absolute Gasteiger partial charge is 0.266 e. The number of nitrogens with zero attached hydrogens (tertiary/aromatic N) is 4. The second kappa shape index (κ2) is 10.1. The van der Waals surface area contributed by atoms with Gasteiger partial charge in [-0.25, -0.2) is 4.39 Å². The van der Waals surface area contributed by atoms with Crippen LogP contribution in [0.1, 0.15) is 56.9 Å². The van der Waals surface area contributed by atoms with E-state index >= 15 is 0 Å². The molecule has 2 aromatic rings. The van der Waals surface area contributed by atoms with Crippen LogP contribution in [0.5, 0.6) is 5.75 Å². The summed E-state index contributed by atoms with van der Waals surface area (Å²) in [5, 5.41) is 13.5. The molecule has 2 atom stereocenters. The molecule has 0 spiro atoms. The summed E-state index contributed by atoms with van der Waals surface area (Å²) in [6.07, 6.45) is 4.08. The van der Waals surface area contributed by atoms with Crippen LogP contribution in [0.4, 0.5) is 10.3 Å². The van der Waals surface area contributed by atoms with Crippen LogP contribution < -0.4 is 9.64 Å². The van der Waals surface area contributed by atoms with E-state index in [9.17, 15) is 14.3 Å². The second-order valence-corrected chi connectivity index (χ2v) is 10.6. The number of piperidine rings is 1. The van der Waals surface area contributed by atoms with Crippen molar-refractivity contribution in [3.05, 3.63) is 35.5 Å². The van der Waals surface area contributed by atoms with E-state index in [1.54, 1.807) is 12.1 Å². The second-order valence-electron chi connectivity index (χ2n) is 10.6. The Bertz CT molecular complexity index is 1030. The summed E-state index contributed by atoms with van der Waals surface area (Å²) >= 11 is 0. The number of aromatic nitrogens is 2. The first kappa shape index (κ1) is 24.0. The van der Waals surface area contributed by atoms with E-state index in [2.05, 4.69) is 28.9 Å². The monoisotopic (exact) mass is 486 g/mol. The third-order valence-electron chi connectivity index (χ3n) is 7.67. The first-order valence-electron chi connectivity index (χ1n) is 12.8. The maximum Gasteiger partial charge on any atom is 0.266 e. The maximum absolute atomic E-state index is 14.5. The highest BCUT2D eigenvalue weighted by Crippen LogP contribution is 2.50. The van der Waals surface area contributed by atoms with Crippen LogP contribution in [0.15, 0.2) is 22.7 Å². The number of halogens is 1. The van der Waals surface area contributed by atoms with Crippen LogP contribution in [0.2, 0.25) is 0 Å². The highest BCUT2D eigenvalue weighted by atomic mass is 19.1. The zero-order chi connectivity index (χ0) is 24.5. The first-order valence-corrected chi connectivity index (χ1v) is 12.8. The lowest BCUT2D eigenvalue weighted by atomic mass is 9.90. The number of aliphatic hydroxyl groups is 1. The molecule has 2 aliphatic heterocycles. The van der Waals surface area contributed by atoms with Gasteiger partial charge in [0.05, 0.1) is 19.1 Å². The highest BCUT2D eigenvalue weighted by molar-refractivity contribution is 5.79. The van der Waals surface area contributed by atoms with E-state index in [0.717, 1.165) is 50.1 Å². The molecule has 35 heavy (non-hydrogen) atoms. The van der Waals surface area contributed by atoms with Crippen molar-refractivity contribution < 1.29 is 23.6 Å². The van der Waals surface area contributed by atoms with Crippen LogP contribution >= 0.6 is 0 Å². The average Bonchev–Trinajstić information content (AvgIpc) is 3.41. The van der Waals surface area contributed by atoms with Crippen molar-refractivity contribution in [3.63, 3.8) is 0 Å². The number of β-amino-alcohol motifs (C(OH)–C–C–N with tert-alkyl or cyclic N) is 1. The van der Waals surface area contributed by atoms with Crippen LogP contribution in [0.3, 0.4) is 0 Å². The average molecular weight is 487 g/mol. The molecule has 1 aromatic carbocycles. The number of carbonyl (C=O) groups excluding carboxylic acids is 1. The summed E-state index contributed by atoms with van der Waals surface area (Å²) in [6.45, 7) is 7.28. The Balaban J connectivity index is 1.01. The first-order chi connectivity index (χ1) is 16.9. The Kier molecular flexibility index (Phi) is 6.95. The van der Waals surface area contributed by atoms with Crippen molar-refractivity contribution >= 4 is 11.9 Å². The molecule has 1 amide bonds. The summed E-state index contributed by atoms with van der Waals surface area (Å²) < 4.78 is 25.6. The molecule has 5 rings (SSSR count). The standard InChI is InChI=1S/C26H35FN4O4/c1-16(2)25-28-26(29-35-25)30-8-5-17(6-9-30)22-11-18(22)7-10-34-21-4-3-19(23(27)13-21)12-24(33)31-14-20(32)15-31/h3-4,13,16-18,20,22,32H,5-12,14-15H2,1-2H3. The van der Waals surface area contributed by atoms with Gasteiger partial charge in [-0.05, 0) is 60.2 Å². The number of anilines is 1. The predicted octanol–water partition coefficient (Wildman–Crippen LogP) is 3.40. The van der Waals surface area contributed by atoms with Gasteiger partial charge in [-0.3, -0.25) is 4.79 Å². The van der Waals surface area contributed by atoms with Crippen molar-refractivity contribution in [2.75, 3.05) is 37.7 Å². The van der Waals surface area contributed by atoms with Crippen LogP contribution in [0, 0.1) is 23.6 Å². The van der Waals surface area contributed by atoms with Gasteiger partial charge in [-0.15, -0.1) is 0 Å². The predicted molar refractivity (Wildman–Crippen MR) is 128 cm³/mol. The number of benzene rings is 1. The molecule has 3 fully saturated rings. The van der Waals surface area contributed by atoms with Crippen LogP contribution in [0.25, 0.3) is 0 Å². The van der Waals surface area contributed by atoms with Crippen LogP contribution in [-0.2, 0) is 11.2 Å². The number of aliphatic hydroxyl groups excluding tert-OH is 1. The summed E-state index contributed by atoms with van der Waals surface area (Å²) in [7, 11) is 0. The van der Waals surface area contributed by atoms with E-state index < -0.39 is 11.9 Å². The van der Waals surface area contributed by atoms with Crippen LogP contribution in [-0.4, -0.2) is 64.9 Å². The van der Waals surface area contributed by atoms with Gasteiger partial charge in [0.2, 0.25) is 11.8 Å². The van der Waals surface area contributed by atoms with Gasteiger partial charge in [0.25, 0.3) is 5.95 Å². The molecule has 9 heteroatoms. The fraction of sp³-hybridized carbons (Fsp3) is 0.654. The molecule has 2 saturated heterocycles. The van der Waals surface area contributed by atoms with E-state index in [0.29, 0.717) is 42.8 Å². The lowest BCUT2D eigenvalue weighted by Crippen LogP contribution is -2.54. The number of hydrogen-bond acceptors (Lipinski definition) is 7. The lowest BCUT2D eigenvalue weighted by molar-refractivity contribution is -0.140. The van der Waals surface area contributed by atoms with Gasteiger partial charge in [-0.2, -0.15) is 4.98 Å². The number of amides is 1. The molecule has 2 unspecified atom stereocenters. The zero-order valence-corrected chi connectivity index (χ0v) is 20.5. The molecule has 190 valence electrons. The molecular weight excluding hydrogens is 451 g/mol. The summed E-state index contributed by atoms with van der Waals surface area (Å²) in [5.41, 5.74) is 0.360. The molecule has 0 radical (unpaired) electrons. The normalized spacial score (nSPS) is 23.0. The van der Waals surface area contributed by atoms with Gasteiger partial charge >= 0.3 is 0 Å². The van der Waals surface area contributed by atoms with E-state index in [-0.39, 0.29) is 18.2 Å². The molecule has 1 N–H and O–H groups in total. The third-order valence-corrected chi connectivity index (χ3v) is 7.67. The SMILES string of the molecule is CC(C)c1nc(N2CCC(C3CC3CCOc3ccc(CC(=O)N4CC(O)C4)c(F)c3)CC2)no1. The van der Waals surface area contributed by atoms with Crippen molar-refractivity contribution in [3.8, 4) is 5.75 Å². The maximum atomic E-state index is 14.5. The van der Waals surface area contributed by atoms with Gasteiger partial charge in [0.15, 0.2) is 0 Å². The minimum absolute atomic E-state index is 0.00696. The molecule has 3 heterocycles. The number of hydrogen-bond donors (Lipinski definition) is 1. The Morgan fingerprint density at radius 1 is 1.29 bits per heavy atom. The van der Waals surface area contributed by atoms with E-state index in [4.69, 9.17) is 9.26 Å². The minimum atomic E-state index is -0.451. The van der Waals surface area contributed by atoms with Gasteiger partial charge in [-0.1, -0.05) is 19.9 Å². The molecule has 1 saturated carbocycles. The molecule has 1 aliphatic carbocycles. The quantitative estimate of drug-likeness (QED) is 0.581. The fourth-order valence-electron chi connectivity index (χ4n) is 5.32. The zero-order valence-electron chi connectivity index (χ0n) is 20.5. The largest absolute Gasteiger partial charge is 0.493 e. The summed E-state index contributed by atoms with van der Waals surface area (Å²) in [6, 6.07) is 4.73. The molecule has 0 bridgehead atoms. The van der Waals surface area contributed by atoms with Crippen molar-refractivity contribution in [2.45, 2.75) is 58.0 Å². The molecular formula is C26H35FN4O4. The third kappa shape index (κ3) is 5.60. The number of likely N-dealkylation sites (tertiary alicyclic amines) is 1. The summed E-state index contributed by atoms with van der Waals surface area (Å²) in [4.78, 5) is 20.4. The lowest BCUT2D eigenvalue weighted by Gasteiger charge is -2.35. The minimum Gasteiger partial charge on any atom is -0.493 e. The Morgan fingerprint density at radius 3 is 2.71 bits per heavy atom. The van der Waals surface area contributed by atoms with Gasteiger partial charge < -0.3 is 24.2 Å². The fourth-order valence-corrected chi connectivity index (χ4v) is 5.32. The van der Waals surface area contributed by atoms with Crippen molar-refractivity contribution in [1.29, 1.82) is 0 Å². The van der Waals surface area contributed by atoms with Gasteiger partial charge in [0.1, 0.15) is 11.6 Å². The van der Waals surface area contributed by atoms with Crippen molar-refractivity contribution in [2.24, 2.45) is 17.8 Å². The number of carbonyl (C=O) groups is 1. The highest BCUT2D eigenvalue weighted by Gasteiger charge is 2.43. The van der Waals surface area contributed by atoms with E-state index in [1.165, 1.54) is 17.4 Å². The number of rotatable bonds is 9.